The second-order valence-corrected chi connectivity index (χ2v) is 6.45. The third-order valence-corrected chi connectivity index (χ3v) is 4.69. The van der Waals surface area contributed by atoms with Gasteiger partial charge in [-0.2, -0.15) is 0 Å². The van der Waals surface area contributed by atoms with E-state index in [0.29, 0.717) is 49.5 Å². The Morgan fingerprint density at radius 1 is 1.00 bits per heavy atom. The predicted octanol–water partition coefficient (Wildman–Crippen LogP) is 2.76. The molecule has 1 aliphatic rings. The highest BCUT2D eigenvalue weighted by molar-refractivity contribution is 5.94. The molecule has 0 unspecified atom stereocenters. The molecule has 0 spiro atoms. The van der Waals surface area contributed by atoms with E-state index in [1.54, 1.807) is 25.3 Å². The molecule has 6 heteroatoms. The Bertz CT molecular complexity index is 810. The van der Waals surface area contributed by atoms with Crippen LogP contribution in [0.5, 0.6) is 11.5 Å². The second kappa shape index (κ2) is 8.58. The van der Waals surface area contributed by atoms with E-state index in [1.807, 2.05) is 17.0 Å². The fraction of sp³-hybridized carbons (Fsp3) is 0.333. The zero-order valence-electron chi connectivity index (χ0n) is 15.7. The lowest BCUT2D eigenvalue weighted by Crippen LogP contribution is -2.28. The molecule has 6 nitrogen and oxygen atoms in total. The molecule has 2 aromatic rings. The number of fused-ring (bicyclic) bond motifs is 1. The lowest BCUT2D eigenvalue weighted by atomic mass is 10.1. The molecule has 0 fully saturated rings. The summed E-state index contributed by atoms with van der Waals surface area (Å²) in [4.78, 5) is 26.5. The zero-order valence-corrected chi connectivity index (χ0v) is 15.7. The highest BCUT2D eigenvalue weighted by atomic mass is 16.5. The van der Waals surface area contributed by atoms with E-state index < -0.39 is 0 Å². The van der Waals surface area contributed by atoms with Crippen molar-refractivity contribution in [3.63, 3.8) is 0 Å². The smallest absolute Gasteiger partial charge is 0.251 e. The minimum atomic E-state index is -0.197. The van der Waals surface area contributed by atoms with Gasteiger partial charge in [-0.05, 0) is 35.7 Å². The summed E-state index contributed by atoms with van der Waals surface area (Å²) in [6.07, 6.45) is 1.02. The standard InChI is InChI=1S/C21H24N2O4/c1-26-18-10-9-15(12-19(18)27-2)21(25)22-11-5-8-20(24)23-13-16-6-3-4-7-17(16)14-23/h3-4,6-7,9-10,12H,5,8,11,13-14H2,1-2H3,(H,22,25). The first-order chi connectivity index (χ1) is 13.1. The molecule has 142 valence electrons. The SMILES string of the molecule is COc1ccc(C(=O)NCCCC(=O)N2Cc3ccccc3C2)cc1OC. The summed E-state index contributed by atoms with van der Waals surface area (Å²) >= 11 is 0. The van der Waals surface area contributed by atoms with E-state index in [4.69, 9.17) is 9.47 Å². The Balaban J connectivity index is 1.44. The number of rotatable bonds is 7. The fourth-order valence-electron chi connectivity index (χ4n) is 3.19. The van der Waals surface area contributed by atoms with E-state index in [2.05, 4.69) is 17.4 Å². The topological polar surface area (TPSA) is 67.9 Å². The summed E-state index contributed by atoms with van der Waals surface area (Å²) < 4.78 is 10.4. The molecule has 0 aromatic heterocycles. The van der Waals surface area contributed by atoms with Gasteiger partial charge in [-0.15, -0.1) is 0 Å². The molecule has 1 N–H and O–H groups in total. The maximum Gasteiger partial charge on any atom is 0.251 e. The summed E-state index contributed by atoms with van der Waals surface area (Å²) in [6.45, 7) is 1.79. The van der Waals surface area contributed by atoms with Gasteiger partial charge >= 0.3 is 0 Å². The predicted molar refractivity (Wildman–Crippen MR) is 102 cm³/mol. The molecule has 0 atom stereocenters. The van der Waals surface area contributed by atoms with Crippen LogP contribution in [0.1, 0.15) is 34.3 Å². The molecule has 3 rings (SSSR count). The molecule has 1 heterocycles. The minimum absolute atomic E-state index is 0.117. The van der Waals surface area contributed by atoms with Crippen molar-refractivity contribution >= 4 is 11.8 Å². The number of methoxy groups -OCH3 is 2. The average Bonchev–Trinajstić information content (AvgIpc) is 3.14. The highest BCUT2D eigenvalue weighted by Crippen LogP contribution is 2.27. The lowest BCUT2D eigenvalue weighted by Gasteiger charge is -2.15. The Morgan fingerprint density at radius 2 is 1.67 bits per heavy atom. The largest absolute Gasteiger partial charge is 0.493 e. The van der Waals surface area contributed by atoms with E-state index in [1.165, 1.54) is 18.2 Å². The van der Waals surface area contributed by atoms with Gasteiger partial charge in [0.15, 0.2) is 11.5 Å². The minimum Gasteiger partial charge on any atom is -0.493 e. The van der Waals surface area contributed by atoms with Crippen molar-refractivity contribution in [3.8, 4) is 11.5 Å². The number of ether oxygens (including phenoxy) is 2. The van der Waals surface area contributed by atoms with Crippen LogP contribution in [0.4, 0.5) is 0 Å². The first kappa shape index (κ1) is 18.8. The summed E-state index contributed by atoms with van der Waals surface area (Å²) in [5.41, 5.74) is 2.93. The van der Waals surface area contributed by atoms with Crippen LogP contribution in [0.15, 0.2) is 42.5 Å². The number of carbonyl (C=O) groups excluding carboxylic acids is 2. The Kier molecular flexibility index (Phi) is 5.96. The van der Waals surface area contributed by atoms with Crippen molar-refractivity contribution in [1.82, 2.24) is 10.2 Å². The van der Waals surface area contributed by atoms with Gasteiger partial charge in [0, 0.05) is 31.6 Å². The Morgan fingerprint density at radius 3 is 2.30 bits per heavy atom. The number of nitrogens with zero attached hydrogens (tertiary/aromatic N) is 1. The monoisotopic (exact) mass is 368 g/mol. The molecule has 0 saturated carbocycles. The van der Waals surface area contributed by atoms with E-state index in [9.17, 15) is 9.59 Å². The van der Waals surface area contributed by atoms with Gasteiger partial charge in [-0.3, -0.25) is 9.59 Å². The quantitative estimate of drug-likeness (QED) is 0.763. The second-order valence-electron chi connectivity index (χ2n) is 6.45. The summed E-state index contributed by atoms with van der Waals surface area (Å²) in [5.74, 6) is 1.00. The number of hydrogen-bond acceptors (Lipinski definition) is 4. The molecule has 27 heavy (non-hydrogen) atoms. The zero-order chi connectivity index (χ0) is 19.2. The molecule has 0 radical (unpaired) electrons. The van der Waals surface area contributed by atoms with Crippen LogP contribution >= 0.6 is 0 Å². The average molecular weight is 368 g/mol. The molecule has 1 aliphatic heterocycles. The molecule has 0 aliphatic carbocycles. The third-order valence-electron chi connectivity index (χ3n) is 4.69. The molecule has 0 bridgehead atoms. The van der Waals surface area contributed by atoms with Gasteiger partial charge in [0.25, 0.3) is 5.91 Å². The van der Waals surface area contributed by atoms with Crippen molar-refractivity contribution in [3.05, 3.63) is 59.2 Å². The van der Waals surface area contributed by atoms with Crippen LogP contribution in [0.2, 0.25) is 0 Å². The normalized spacial score (nSPS) is 12.4. The lowest BCUT2D eigenvalue weighted by molar-refractivity contribution is -0.131. The van der Waals surface area contributed by atoms with Crippen molar-refractivity contribution in [2.24, 2.45) is 0 Å². The molecular formula is C21H24N2O4. The Hall–Kier alpha value is -3.02. The molecular weight excluding hydrogens is 344 g/mol. The third kappa shape index (κ3) is 4.39. The van der Waals surface area contributed by atoms with Crippen LogP contribution in [0, 0.1) is 0 Å². The van der Waals surface area contributed by atoms with Crippen LogP contribution in [-0.4, -0.2) is 37.5 Å². The first-order valence-corrected chi connectivity index (χ1v) is 8.97. The molecule has 2 aromatic carbocycles. The number of amides is 2. The maximum absolute atomic E-state index is 12.4. The van der Waals surface area contributed by atoms with Crippen molar-refractivity contribution in [2.45, 2.75) is 25.9 Å². The summed E-state index contributed by atoms with van der Waals surface area (Å²) in [5, 5.41) is 2.84. The van der Waals surface area contributed by atoms with Crippen molar-refractivity contribution < 1.29 is 19.1 Å². The van der Waals surface area contributed by atoms with Crippen LogP contribution in [0.3, 0.4) is 0 Å². The van der Waals surface area contributed by atoms with Gasteiger partial charge in [0.2, 0.25) is 5.91 Å². The van der Waals surface area contributed by atoms with E-state index in [-0.39, 0.29) is 11.8 Å². The van der Waals surface area contributed by atoms with Gasteiger partial charge in [-0.25, -0.2) is 0 Å². The van der Waals surface area contributed by atoms with Crippen LogP contribution in [0.25, 0.3) is 0 Å². The van der Waals surface area contributed by atoms with Crippen LogP contribution < -0.4 is 14.8 Å². The molecule has 2 amide bonds. The Labute approximate surface area is 159 Å². The number of nitrogens with one attached hydrogen (secondary N) is 1. The number of hydrogen-bond donors (Lipinski definition) is 1. The summed E-state index contributed by atoms with van der Waals surface area (Å²) in [7, 11) is 3.08. The number of carbonyl (C=O) groups is 2. The maximum atomic E-state index is 12.4. The van der Waals surface area contributed by atoms with Gasteiger partial charge in [-0.1, -0.05) is 24.3 Å². The highest BCUT2D eigenvalue weighted by Gasteiger charge is 2.22. The molecule has 0 saturated heterocycles. The van der Waals surface area contributed by atoms with E-state index in [0.717, 1.165) is 0 Å². The van der Waals surface area contributed by atoms with Gasteiger partial charge in [0.05, 0.1) is 14.2 Å². The van der Waals surface area contributed by atoms with Crippen LogP contribution in [-0.2, 0) is 17.9 Å². The van der Waals surface area contributed by atoms with Gasteiger partial charge in [0.1, 0.15) is 0 Å². The number of benzene rings is 2. The van der Waals surface area contributed by atoms with E-state index >= 15 is 0 Å². The van der Waals surface area contributed by atoms with Gasteiger partial charge < -0.3 is 19.7 Å². The summed E-state index contributed by atoms with van der Waals surface area (Å²) in [6, 6.07) is 13.1. The first-order valence-electron chi connectivity index (χ1n) is 8.97. The van der Waals surface area contributed by atoms with Crippen molar-refractivity contribution in [2.75, 3.05) is 20.8 Å². The van der Waals surface area contributed by atoms with Crippen molar-refractivity contribution in [1.29, 1.82) is 0 Å². The fourth-order valence-corrected chi connectivity index (χ4v) is 3.19.